The highest BCUT2D eigenvalue weighted by Crippen LogP contribution is 2.31. The van der Waals surface area contributed by atoms with Crippen LogP contribution in [0.5, 0.6) is 0 Å². The van der Waals surface area contributed by atoms with Gasteiger partial charge in [-0.2, -0.15) is 0 Å². The number of hydrogen-bond donors (Lipinski definition) is 0. The number of piperidine rings is 1. The van der Waals surface area contributed by atoms with Gasteiger partial charge in [-0.05, 0) is 63.1 Å². The SMILES string of the molecule is Cc1ccc2n1CCN(C(=O)C1CCN(c3ccc(C=O)cc3)CC1)[C@H]2C. The number of carbonyl (C=O) groups excluding carboxylic acids is 2. The van der Waals surface area contributed by atoms with E-state index in [-0.39, 0.29) is 12.0 Å². The van der Waals surface area contributed by atoms with Gasteiger partial charge in [-0.25, -0.2) is 0 Å². The molecule has 2 aliphatic rings. The second-order valence-electron chi connectivity index (χ2n) is 7.73. The number of aromatic nitrogens is 1. The molecule has 1 aromatic carbocycles. The third-order valence-electron chi connectivity index (χ3n) is 6.21. The van der Waals surface area contributed by atoms with Crippen molar-refractivity contribution in [3.05, 3.63) is 53.3 Å². The fourth-order valence-electron chi connectivity index (χ4n) is 4.50. The molecule has 2 aliphatic heterocycles. The van der Waals surface area contributed by atoms with Crippen molar-refractivity contribution >= 4 is 17.9 Å². The van der Waals surface area contributed by atoms with Gasteiger partial charge in [0.1, 0.15) is 6.29 Å². The number of aryl methyl sites for hydroxylation is 1. The minimum atomic E-state index is 0.112. The van der Waals surface area contributed by atoms with Crippen LogP contribution >= 0.6 is 0 Å². The van der Waals surface area contributed by atoms with E-state index in [1.54, 1.807) is 0 Å². The average molecular weight is 365 g/mol. The van der Waals surface area contributed by atoms with Crippen LogP contribution in [0.2, 0.25) is 0 Å². The van der Waals surface area contributed by atoms with Crippen molar-refractivity contribution in [3.63, 3.8) is 0 Å². The van der Waals surface area contributed by atoms with E-state index in [9.17, 15) is 9.59 Å². The minimum absolute atomic E-state index is 0.112. The molecule has 5 nitrogen and oxygen atoms in total. The molecule has 0 saturated carbocycles. The second kappa shape index (κ2) is 7.22. The fraction of sp³-hybridized carbons (Fsp3) is 0.455. The molecule has 142 valence electrons. The Bertz CT molecular complexity index is 832. The van der Waals surface area contributed by atoms with Gasteiger partial charge in [0.05, 0.1) is 6.04 Å². The van der Waals surface area contributed by atoms with Crippen molar-refractivity contribution in [2.45, 2.75) is 39.3 Å². The Balaban J connectivity index is 1.39. The molecule has 0 radical (unpaired) electrons. The first-order chi connectivity index (χ1) is 13.1. The molecule has 1 saturated heterocycles. The largest absolute Gasteiger partial charge is 0.371 e. The number of anilines is 1. The first-order valence-electron chi connectivity index (χ1n) is 9.85. The van der Waals surface area contributed by atoms with Gasteiger partial charge in [0.25, 0.3) is 0 Å². The predicted octanol–water partition coefficient (Wildman–Crippen LogP) is 3.43. The minimum Gasteiger partial charge on any atom is -0.371 e. The van der Waals surface area contributed by atoms with E-state index < -0.39 is 0 Å². The summed E-state index contributed by atoms with van der Waals surface area (Å²) in [5.74, 6) is 0.420. The standard InChI is InChI=1S/C22H27N3O2/c1-16-3-8-21-17(2)25(14-13-24(16)21)22(27)19-9-11-23(12-10-19)20-6-4-18(15-26)5-7-20/h3-8,15,17,19H,9-14H2,1-2H3/t17-/m0/s1. The summed E-state index contributed by atoms with van der Waals surface area (Å²) >= 11 is 0. The number of nitrogens with zero attached hydrogens (tertiary/aromatic N) is 3. The summed E-state index contributed by atoms with van der Waals surface area (Å²) < 4.78 is 2.33. The molecule has 2 aromatic rings. The molecule has 0 N–H and O–H groups in total. The topological polar surface area (TPSA) is 45.6 Å². The van der Waals surface area contributed by atoms with E-state index in [2.05, 4.69) is 40.3 Å². The maximum absolute atomic E-state index is 13.2. The Morgan fingerprint density at radius 3 is 2.37 bits per heavy atom. The lowest BCUT2D eigenvalue weighted by atomic mass is 9.93. The Labute approximate surface area is 160 Å². The monoisotopic (exact) mass is 365 g/mol. The van der Waals surface area contributed by atoms with Crippen LogP contribution in [-0.4, -0.2) is 41.3 Å². The van der Waals surface area contributed by atoms with E-state index in [1.807, 2.05) is 24.3 Å². The van der Waals surface area contributed by atoms with E-state index in [1.165, 1.54) is 11.4 Å². The third kappa shape index (κ3) is 3.27. The van der Waals surface area contributed by atoms with Crippen molar-refractivity contribution in [3.8, 4) is 0 Å². The molecule has 4 rings (SSSR count). The zero-order valence-corrected chi connectivity index (χ0v) is 16.1. The van der Waals surface area contributed by atoms with Crippen LogP contribution in [0.3, 0.4) is 0 Å². The second-order valence-corrected chi connectivity index (χ2v) is 7.73. The van der Waals surface area contributed by atoms with Crippen LogP contribution in [0.1, 0.15) is 47.6 Å². The Morgan fingerprint density at radius 2 is 1.70 bits per heavy atom. The van der Waals surface area contributed by atoms with Gasteiger partial charge in [0.2, 0.25) is 5.91 Å². The van der Waals surface area contributed by atoms with Crippen molar-refractivity contribution < 1.29 is 9.59 Å². The maximum Gasteiger partial charge on any atom is 0.226 e. The van der Waals surface area contributed by atoms with Gasteiger partial charge < -0.3 is 14.4 Å². The number of carbonyl (C=O) groups is 2. The van der Waals surface area contributed by atoms with E-state index in [0.29, 0.717) is 11.5 Å². The summed E-state index contributed by atoms with van der Waals surface area (Å²) in [7, 11) is 0. The predicted molar refractivity (Wildman–Crippen MR) is 106 cm³/mol. The number of amides is 1. The van der Waals surface area contributed by atoms with Gasteiger partial charge >= 0.3 is 0 Å². The van der Waals surface area contributed by atoms with Gasteiger partial charge in [-0.3, -0.25) is 9.59 Å². The molecule has 1 atom stereocenters. The first-order valence-corrected chi connectivity index (χ1v) is 9.85. The zero-order chi connectivity index (χ0) is 19.0. The number of benzene rings is 1. The van der Waals surface area contributed by atoms with Gasteiger partial charge in [-0.1, -0.05) is 0 Å². The van der Waals surface area contributed by atoms with Crippen LogP contribution in [0.25, 0.3) is 0 Å². The summed E-state index contributed by atoms with van der Waals surface area (Å²) in [5.41, 5.74) is 4.35. The first kappa shape index (κ1) is 17.8. The van der Waals surface area contributed by atoms with Gasteiger partial charge in [-0.15, -0.1) is 0 Å². The molecule has 3 heterocycles. The van der Waals surface area contributed by atoms with Crippen molar-refractivity contribution in [2.75, 3.05) is 24.5 Å². The molecule has 1 fully saturated rings. The lowest BCUT2D eigenvalue weighted by molar-refractivity contribution is -0.139. The van der Waals surface area contributed by atoms with Gasteiger partial charge in [0, 0.05) is 54.7 Å². The molecule has 27 heavy (non-hydrogen) atoms. The number of aldehydes is 1. The van der Waals surface area contributed by atoms with Gasteiger partial charge in [0.15, 0.2) is 0 Å². The van der Waals surface area contributed by atoms with Crippen LogP contribution in [-0.2, 0) is 11.3 Å². The lowest BCUT2D eigenvalue weighted by Gasteiger charge is -2.40. The Morgan fingerprint density at radius 1 is 1.00 bits per heavy atom. The summed E-state index contributed by atoms with van der Waals surface area (Å²) in [4.78, 5) is 28.4. The fourth-order valence-corrected chi connectivity index (χ4v) is 4.50. The highest BCUT2D eigenvalue weighted by atomic mass is 16.2. The maximum atomic E-state index is 13.2. The molecule has 5 heteroatoms. The zero-order valence-electron chi connectivity index (χ0n) is 16.1. The number of rotatable bonds is 3. The van der Waals surface area contributed by atoms with Crippen LogP contribution < -0.4 is 4.90 Å². The number of hydrogen-bond acceptors (Lipinski definition) is 3. The van der Waals surface area contributed by atoms with E-state index >= 15 is 0 Å². The molecule has 0 unspecified atom stereocenters. The quantitative estimate of drug-likeness (QED) is 0.783. The van der Waals surface area contributed by atoms with Crippen molar-refractivity contribution in [1.29, 1.82) is 0 Å². The summed E-state index contributed by atoms with van der Waals surface area (Å²) in [6.45, 7) is 7.74. The van der Waals surface area contributed by atoms with Crippen molar-refractivity contribution in [2.24, 2.45) is 5.92 Å². The molecule has 0 spiro atoms. The molecule has 1 amide bonds. The smallest absolute Gasteiger partial charge is 0.226 e. The molecule has 1 aromatic heterocycles. The Hall–Kier alpha value is -2.56. The third-order valence-corrected chi connectivity index (χ3v) is 6.21. The highest BCUT2D eigenvalue weighted by molar-refractivity contribution is 5.80. The molecular formula is C22H27N3O2. The van der Waals surface area contributed by atoms with Crippen LogP contribution in [0.15, 0.2) is 36.4 Å². The summed E-state index contributed by atoms with van der Waals surface area (Å²) in [6.07, 6.45) is 2.64. The van der Waals surface area contributed by atoms with Crippen LogP contribution in [0, 0.1) is 12.8 Å². The molecular weight excluding hydrogens is 338 g/mol. The lowest BCUT2D eigenvalue weighted by Crippen LogP contribution is -2.46. The Kier molecular flexibility index (Phi) is 4.77. The highest BCUT2D eigenvalue weighted by Gasteiger charge is 2.34. The van der Waals surface area contributed by atoms with E-state index in [4.69, 9.17) is 0 Å². The van der Waals surface area contributed by atoms with E-state index in [0.717, 1.165) is 51.0 Å². The summed E-state index contributed by atoms with van der Waals surface area (Å²) in [5, 5.41) is 0. The average Bonchev–Trinajstić information content (AvgIpc) is 3.10. The number of fused-ring (bicyclic) bond motifs is 1. The normalized spacial score (nSPS) is 20.4. The summed E-state index contributed by atoms with van der Waals surface area (Å²) in [6, 6.07) is 12.1. The van der Waals surface area contributed by atoms with Crippen molar-refractivity contribution in [1.82, 2.24) is 9.47 Å². The molecule has 0 bridgehead atoms. The van der Waals surface area contributed by atoms with Crippen LogP contribution in [0.4, 0.5) is 5.69 Å². The molecule has 0 aliphatic carbocycles.